The van der Waals surface area contributed by atoms with Crippen LogP contribution in [0.2, 0.25) is 0 Å². The van der Waals surface area contributed by atoms with Crippen molar-refractivity contribution in [3.05, 3.63) is 46.2 Å². The average molecular weight is 406 g/mol. The normalized spacial score (nSPS) is 24.1. The molecule has 2 aliphatic rings. The van der Waals surface area contributed by atoms with E-state index < -0.39 is 18.3 Å². The molecule has 3 nitrogen and oxygen atoms in total. The molecular weight excluding hydrogens is 384 g/mol. The number of aromatic amines is 1. The van der Waals surface area contributed by atoms with Gasteiger partial charge in [0.05, 0.1) is 11.2 Å². The maximum Gasteiger partial charge on any atom is 0.524 e. The zero-order chi connectivity index (χ0) is 18.0. The number of hydrogen-bond donors (Lipinski definition) is 1. The lowest BCUT2D eigenvalue weighted by Gasteiger charge is -2.32. The molecule has 0 spiro atoms. The molecule has 1 N–H and O–H groups in total. The van der Waals surface area contributed by atoms with E-state index in [-0.39, 0.29) is 11.1 Å². The molecule has 0 bridgehead atoms. The van der Waals surface area contributed by atoms with E-state index in [0.717, 1.165) is 33.8 Å². The fourth-order valence-corrected chi connectivity index (χ4v) is 3.79. The number of nitrogens with one attached hydrogen (secondary N) is 1. The van der Waals surface area contributed by atoms with Crippen LogP contribution in [-0.4, -0.2) is 23.3 Å². The fourth-order valence-electron chi connectivity index (χ4n) is 3.42. The first-order valence-electron chi connectivity index (χ1n) is 8.65. The minimum atomic E-state index is -0.929. The van der Waals surface area contributed by atoms with E-state index in [9.17, 15) is 4.39 Å². The van der Waals surface area contributed by atoms with Gasteiger partial charge in [-0.1, -0.05) is 22.0 Å². The molecule has 132 valence electrons. The van der Waals surface area contributed by atoms with Gasteiger partial charge in [-0.15, -0.1) is 0 Å². The summed E-state index contributed by atoms with van der Waals surface area (Å²) in [5, 5.41) is 1.14. The predicted octanol–water partition coefficient (Wildman–Crippen LogP) is 5.45. The van der Waals surface area contributed by atoms with Gasteiger partial charge < -0.3 is 14.3 Å². The monoisotopic (exact) mass is 405 g/mol. The first-order chi connectivity index (χ1) is 11.6. The number of hydrogen-bond acceptors (Lipinski definition) is 2. The number of benzene rings is 1. The molecule has 2 aromatic rings. The number of H-pyrrole nitrogens is 1. The van der Waals surface area contributed by atoms with Gasteiger partial charge in [-0.2, -0.15) is 0 Å². The van der Waals surface area contributed by atoms with Gasteiger partial charge in [0.15, 0.2) is 0 Å². The van der Waals surface area contributed by atoms with Crippen LogP contribution in [0.15, 0.2) is 40.7 Å². The molecule has 1 aromatic carbocycles. The Labute approximate surface area is 156 Å². The van der Waals surface area contributed by atoms with Crippen molar-refractivity contribution in [1.82, 2.24) is 4.98 Å². The second kappa shape index (κ2) is 5.45. The lowest BCUT2D eigenvalue weighted by Crippen LogP contribution is -2.41. The third-order valence-electron chi connectivity index (χ3n) is 5.86. The highest BCUT2D eigenvalue weighted by atomic mass is 79.9. The number of rotatable bonds is 3. The third-order valence-corrected chi connectivity index (χ3v) is 6.35. The first-order valence-corrected chi connectivity index (χ1v) is 9.44. The molecule has 25 heavy (non-hydrogen) atoms. The minimum absolute atomic E-state index is 0.264. The SMILES string of the molecule is CC1(C)OB(C(F)=CC2(c3c[nH]c4cc(Br)ccc34)CC2)OC1(C)C. The van der Waals surface area contributed by atoms with Gasteiger partial charge in [-0.05, 0) is 64.3 Å². The van der Waals surface area contributed by atoms with E-state index in [0.29, 0.717) is 0 Å². The summed E-state index contributed by atoms with van der Waals surface area (Å²) in [7, 11) is -0.929. The van der Waals surface area contributed by atoms with Crippen LogP contribution >= 0.6 is 15.9 Å². The molecule has 1 aliphatic carbocycles. The molecule has 1 saturated heterocycles. The van der Waals surface area contributed by atoms with Crippen LogP contribution in [0, 0.1) is 0 Å². The van der Waals surface area contributed by atoms with Crippen molar-refractivity contribution in [2.75, 3.05) is 0 Å². The van der Waals surface area contributed by atoms with Crippen molar-refractivity contribution < 1.29 is 13.7 Å². The Hall–Kier alpha value is -1.11. The average Bonchev–Trinajstić information content (AvgIpc) is 3.08. The Kier molecular flexibility index (Phi) is 3.77. The second-order valence-electron chi connectivity index (χ2n) is 8.17. The van der Waals surface area contributed by atoms with Crippen molar-refractivity contribution >= 4 is 34.0 Å². The van der Waals surface area contributed by atoms with Crippen molar-refractivity contribution in [3.8, 4) is 0 Å². The molecule has 1 saturated carbocycles. The van der Waals surface area contributed by atoms with Gasteiger partial charge in [0.25, 0.3) is 0 Å². The molecule has 1 aliphatic heterocycles. The lowest BCUT2D eigenvalue weighted by atomic mass is 9.83. The van der Waals surface area contributed by atoms with Crippen molar-refractivity contribution in [2.24, 2.45) is 0 Å². The molecule has 1 aromatic heterocycles. The van der Waals surface area contributed by atoms with E-state index in [1.807, 2.05) is 46.0 Å². The standard InChI is InChI=1S/C19H22BBrFNO2/c1-17(2)18(3,4)25-20(24-17)16(22)10-19(7-8-19)14-11-23-15-9-12(21)5-6-13(14)15/h5-6,9-11,23H,7-8H2,1-4H3. The number of aromatic nitrogens is 1. The molecule has 0 unspecified atom stereocenters. The van der Waals surface area contributed by atoms with Crippen molar-refractivity contribution in [3.63, 3.8) is 0 Å². The van der Waals surface area contributed by atoms with Gasteiger partial charge in [0.2, 0.25) is 0 Å². The Bertz CT molecular complexity index is 853. The summed E-state index contributed by atoms with van der Waals surface area (Å²) in [6.07, 6.45) is 5.57. The maximum atomic E-state index is 15.0. The van der Waals surface area contributed by atoms with Crippen LogP contribution < -0.4 is 0 Å². The van der Waals surface area contributed by atoms with Gasteiger partial charge in [0.1, 0.15) is 5.73 Å². The highest BCUT2D eigenvalue weighted by Crippen LogP contribution is 2.53. The number of halogens is 2. The molecule has 6 heteroatoms. The lowest BCUT2D eigenvalue weighted by molar-refractivity contribution is 0.00578. The van der Waals surface area contributed by atoms with Gasteiger partial charge in [0, 0.05) is 27.0 Å². The second-order valence-corrected chi connectivity index (χ2v) is 9.08. The van der Waals surface area contributed by atoms with Gasteiger partial charge >= 0.3 is 7.12 Å². The Balaban J connectivity index is 1.66. The summed E-state index contributed by atoms with van der Waals surface area (Å²) in [5.41, 5.74) is 0.531. The van der Waals surface area contributed by atoms with Crippen LogP contribution in [0.3, 0.4) is 0 Å². The zero-order valence-electron chi connectivity index (χ0n) is 15.0. The topological polar surface area (TPSA) is 34.2 Å². The summed E-state index contributed by atoms with van der Waals surface area (Å²) in [4.78, 5) is 3.30. The molecule has 0 amide bonds. The predicted molar refractivity (Wildman–Crippen MR) is 102 cm³/mol. The van der Waals surface area contributed by atoms with Crippen LogP contribution in [0.5, 0.6) is 0 Å². The Morgan fingerprint density at radius 3 is 2.44 bits per heavy atom. The van der Waals surface area contributed by atoms with E-state index >= 15 is 0 Å². The van der Waals surface area contributed by atoms with Crippen LogP contribution in [0.25, 0.3) is 10.9 Å². The Morgan fingerprint density at radius 1 is 1.20 bits per heavy atom. The molecular formula is C19H22BBrFNO2. The molecule has 0 radical (unpaired) electrons. The van der Waals surface area contributed by atoms with Crippen LogP contribution in [0.4, 0.5) is 4.39 Å². The summed E-state index contributed by atoms with van der Waals surface area (Å²) in [6.45, 7) is 7.74. The summed E-state index contributed by atoms with van der Waals surface area (Å²) < 4.78 is 27.7. The number of fused-ring (bicyclic) bond motifs is 1. The minimum Gasteiger partial charge on any atom is -0.398 e. The quantitative estimate of drug-likeness (QED) is 0.689. The largest absolute Gasteiger partial charge is 0.524 e. The highest BCUT2D eigenvalue weighted by molar-refractivity contribution is 9.10. The van der Waals surface area contributed by atoms with Crippen LogP contribution in [0.1, 0.15) is 46.1 Å². The fraction of sp³-hybridized carbons (Fsp3) is 0.474. The van der Waals surface area contributed by atoms with Crippen LogP contribution in [-0.2, 0) is 14.7 Å². The Morgan fingerprint density at radius 2 is 1.84 bits per heavy atom. The van der Waals surface area contributed by atoms with E-state index in [4.69, 9.17) is 9.31 Å². The van der Waals surface area contributed by atoms with Gasteiger partial charge in [-0.25, -0.2) is 4.39 Å². The molecule has 4 rings (SSSR count). The zero-order valence-corrected chi connectivity index (χ0v) is 16.5. The number of allylic oxidation sites excluding steroid dienone is 1. The summed E-state index contributed by atoms with van der Waals surface area (Å²) >= 11 is 3.49. The highest BCUT2D eigenvalue weighted by Gasteiger charge is 2.54. The third kappa shape index (κ3) is 2.79. The molecule has 0 atom stereocenters. The van der Waals surface area contributed by atoms with E-state index in [1.54, 1.807) is 6.08 Å². The maximum absolute atomic E-state index is 15.0. The van der Waals surface area contributed by atoms with E-state index in [2.05, 4.69) is 27.0 Å². The van der Waals surface area contributed by atoms with Crippen molar-refractivity contribution in [2.45, 2.75) is 57.2 Å². The summed E-state index contributed by atoms with van der Waals surface area (Å²) in [5.74, 6) is 0. The molecule has 2 heterocycles. The smallest absolute Gasteiger partial charge is 0.398 e. The van der Waals surface area contributed by atoms with Crippen molar-refractivity contribution in [1.29, 1.82) is 0 Å². The summed E-state index contributed by atoms with van der Waals surface area (Å²) in [6, 6.07) is 6.14. The molecule has 2 fully saturated rings. The van der Waals surface area contributed by atoms with E-state index in [1.165, 1.54) is 0 Å². The first kappa shape index (κ1) is 17.3. The van der Waals surface area contributed by atoms with Gasteiger partial charge in [-0.3, -0.25) is 0 Å².